The van der Waals surface area contributed by atoms with Crippen molar-refractivity contribution in [2.75, 3.05) is 13.2 Å². The Morgan fingerprint density at radius 2 is 0.825 bits per heavy atom. The van der Waals surface area contributed by atoms with Gasteiger partial charge in [0.05, 0.1) is 25.4 Å². The lowest BCUT2D eigenvalue weighted by atomic mass is 10.0. The molecule has 0 saturated heterocycles. The van der Waals surface area contributed by atoms with Gasteiger partial charge >= 0.3 is 5.97 Å². The third-order valence-corrected chi connectivity index (χ3v) is 12.6. The van der Waals surface area contributed by atoms with Gasteiger partial charge in [-0.3, -0.25) is 9.59 Å². The van der Waals surface area contributed by atoms with Crippen LogP contribution >= 0.6 is 0 Å². The van der Waals surface area contributed by atoms with Gasteiger partial charge in [-0.15, -0.1) is 0 Å². The zero-order valence-corrected chi connectivity index (χ0v) is 42.1. The van der Waals surface area contributed by atoms with Gasteiger partial charge in [-0.25, -0.2) is 0 Å². The summed E-state index contributed by atoms with van der Waals surface area (Å²) in [6, 6.07) is -0.629. The molecule has 0 aliphatic heterocycles. The fourth-order valence-electron chi connectivity index (χ4n) is 8.38. The maximum Gasteiger partial charge on any atom is 0.305 e. The molecule has 0 spiro atoms. The molecule has 0 aromatic carbocycles. The fourth-order valence-corrected chi connectivity index (χ4v) is 8.38. The van der Waals surface area contributed by atoms with Crippen LogP contribution in [0.5, 0.6) is 0 Å². The molecule has 0 aromatic rings. The molecule has 1 amide bonds. The number of amides is 1. The van der Waals surface area contributed by atoms with E-state index < -0.39 is 12.1 Å². The van der Waals surface area contributed by atoms with Crippen LogP contribution in [-0.4, -0.2) is 47.4 Å². The number of esters is 1. The van der Waals surface area contributed by atoms with Gasteiger partial charge in [-0.05, 0) is 57.8 Å². The Kier molecular flexibility index (Phi) is 51.1. The van der Waals surface area contributed by atoms with Crippen LogP contribution in [0.3, 0.4) is 0 Å². The molecule has 6 heteroatoms. The number of aliphatic hydroxyl groups is 2. The van der Waals surface area contributed by atoms with Crippen molar-refractivity contribution in [2.45, 2.75) is 302 Å². The Bertz CT molecular complexity index is 1020. The van der Waals surface area contributed by atoms with E-state index in [0.717, 1.165) is 51.4 Å². The molecule has 0 aliphatic carbocycles. The second kappa shape index (κ2) is 52.7. The predicted molar refractivity (Wildman–Crippen MR) is 273 cm³/mol. The molecule has 0 rings (SSSR count). The summed E-state index contributed by atoms with van der Waals surface area (Å²) < 4.78 is 5.46. The fraction of sp³-hybridized carbons (Fsp3) is 0.860. The number of allylic oxidation sites excluding steroid dienone is 5. The molecule has 0 saturated carbocycles. The zero-order valence-electron chi connectivity index (χ0n) is 42.1. The molecule has 63 heavy (non-hydrogen) atoms. The molecule has 0 radical (unpaired) electrons. The second-order valence-electron chi connectivity index (χ2n) is 18.9. The first-order valence-electron chi connectivity index (χ1n) is 27.8. The van der Waals surface area contributed by atoms with Crippen LogP contribution < -0.4 is 5.32 Å². The lowest BCUT2D eigenvalue weighted by molar-refractivity contribution is -0.143. The third kappa shape index (κ3) is 49.4. The minimum atomic E-state index is -0.845. The van der Waals surface area contributed by atoms with Crippen molar-refractivity contribution < 1.29 is 24.5 Å². The number of carbonyl (C=O) groups is 2. The summed E-state index contributed by atoms with van der Waals surface area (Å²) in [6.07, 6.45) is 64.4. The number of unbranched alkanes of at least 4 members (excludes halogenated alkanes) is 36. The lowest BCUT2D eigenvalue weighted by Gasteiger charge is -2.20. The van der Waals surface area contributed by atoms with Crippen LogP contribution in [0.1, 0.15) is 290 Å². The van der Waals surface area contributed by atoms with E-state index in [-0.39, 0.29) is 18.5 Å². The van der Waals surface area contributed by atoms with Crippen LogP contribution in [0.25, 0.3) is 0 Å². The number of aliphatic hydroxyl groups excluding tert-OH is 2. The largest absolute Gasteiger partial charge is 0.466 e. The van der Waals surface area contributed by atoms with E-state index in [1.54, 1.807) is 6.08 Å². The van der Waals surface area contributed by atoms with Gasteiger partial charge in [0.15, 0.2) is 0 Å². The summed E-state index contributed by atoms with van der Waals surface area (Å²) in [5.74, 6) is -0.0764. The van der Waals surface area contributed by atoms with Crippen LogP contribution in [0.2, 0.25) is 0 Å². The highest BCUT2D eigenvalue weighted by Gasteiger charge is 2.18. The second-order valence-corrected chi connectivity index (χ2v) is 18.9. The normalized spacial score (nSPS) is 12.9. The number of hydrogen-bond donors (Lipinski definition) is 3. The van der Waals surface area contributed by atoms with Crippen LogP contribution in [0, 0.1) is 0 Å². The molecule has 3 N–H and O–H groups in total. The van der Waals surface area contributed by atoms with E-state index in [1.807, 2.05) is 6.08 Å². The minimum absolute atomic E-state index is 0.00588. The summed E-state index contributed by atoms with van der Waals surface area (Å²) in [6.45, 7) is 4.83. The van der Waals surface area contributed by atoms with Crippen molar-refractivity contribution in [3.8, 4) is 0 Å². The SMILES string of the molecule is CCC/C=C\C/C=C\CCCCCCCC(=O)OCCCCCCCCCCCCCCCCCCCCCCC(=O)NC(CO)C(O)/C=C/CCCCCCCCCCCCC. The first-order valence-corrected chi connectivity index (χ1v) is 27.8. The topological polar surface area (TPSA) is 95.9 Å². The Hall–Kier alpha value is -1.92. The third-order valence-electron chi connectivity index (χ3n) is 12.6. The molecular formula is C57H107NO5. The molecular weight excluding hydrogens is 779 g/mol. The quantitative estimate of drug-likeness (QED) is 0.0321. The molecule has 370 valence electrons. The average molecular weight is 886 g/mol. The maximum absolute atomic E-state index is 12.4. The smallest absolute Gasteiger partial charge is 0.305 e. The van der Waals surface area contributed by atoms with E-state index in [0.29, 0.717) is 19.4 Å². The number of hydrogen-bond acceptors (Lipinski definition) is 5. The summed E-state index contributed by atoms with van der Waals surface area (Å²) in [7, 11) is 0. The van der Waals surface area contributed by atoms with E-state index in [2.05, 4.69) is 43.5 Å². The molecule has 0 fully saturated rings. The van der Waals surface area contributed by atoms with E-state index >= 15 is 0 Å². The van der Waals surface area contributed by atoms with Crippen molar-refractivity contribution >= 4 is 11.9 Å². The van der Waals surface area contributed by atoms with Crippen LogP contribution in [0.15, 0.2) is 36.5 Å². The van der Waals surface area contributed by atoms with Gasteiger partial charge in [0.1, 0.15) is 0 Å². The highest BCUT2D eigenvalue weighted by molar-refractivity contribution is 5.76. The van der Waals surface area contributed by atoms with Crippen LogP contribution in [-0.2, 0) is 14.3 Å². The number of carbonyl (C=O) groups excluding carboxylic acids is 2. The van der Waals surface area contributed by atoms with Gasteiger partial charge in [-0.1, -0.05) is 256 Å². The van der Waals surface area contributed by atoms with Crippen molar-refractivity contribution in [1.82, 2.24) is 5.32 Å². The Morgan fingerprint density at radius 1 is 0.444 bits per heavy atom. The van der Waals surface area contributed by atoms with E-state index in [4.69, 9.17) is 4.74 Å². The Labute approximate surface area is 392 Å². The molecule has 0 heterocycles. The van der Waals surface area contributed by atoms with Gasteiger partial charge in [-0.2, -0.15) is 0 Å². The van der Waals surface area contributed by atoms with Gasteiger partial charge in [0.25, 0.3) is 0 Å². The minimum Gasteiger partial charge on any atom is -0.466 e. The molecule has 2 atom stereocenters. The highest BCUT2D eigenvalue weighted by Crippen LogP contribution is 2.17. The van der Waals surface area contributed by atoms with E-state index in [9.17, 15) is 19.8 Å². The van der Waals surface area contributed by atoms with Crippen molar-refractivity contribution in [2.24, 2.45) is 0 Å². The summed E-state index contributed by atoms with van der Waals surface area (Å²) in [5.41, 5.74) is 0. The highest BCUT2D eigenvalue weighted by atomic mass is 16.5. The molecule has 0 aliphatic rings. The van der Waals surface area contributed by atoms with Gasteiger partial charge in [0.2, 0.25) is 5.91 Å². The Balaban J connectivity index is 3.42. The maximum atomic E-state index is 12.4. The lowest BCUT2D eigenvalue weighted by Crippen LogP contribution is -2.45. The van der Waals surface area contributed by atoms with Crippen molar-refractivity contribution in [3.05, 3.63) is 36.5 Å². The van der Waals surface area contributed by atoms with Crippen molar-refractivity contribution in [3.63, 3.8) is 0 Å². The van der Waals surface area contributed by atoms with Gasteiger partial charge < -0.3 is 20.3 Å². The average Bonchev–Trinajstić information content (AvgIpc) is 3.28. The summed E-state index contributed by atoms with van der Waals surface area (Å²) in [5, 5.41) is 23.1. The van der Waals surface area contributed by atoms with E-state index in [1.165, 1.54) is 212 Å². The predicted octanol–water partition coefficient (Wildman–Crippen LogP) is 16.9. The first kappa shape index (κ1) is 61.1. The zero-order chi connectivity index (χ0) is 45.8. The monoisotopic (exact) mass is 886 g/mol. The molecule has 0 aromatic heterocycles. The summed E-state index contributed by atoms with van der Waals surface area (Å²) in [4.78, 5) is 24.4. The molecule has 0 bridgehead atoms. The molecule has 6 nitrogen and oxygen atoms in total. The standard InChI is InChI=1S/C57H107NO5/c1-3-5-7-9-11-13-15-25-29-33-37-41-45-49-55(60)54(53-59)58-56(61)50-46-42-38-34-30-27-23-21-19-17-18-20-22-24-28-32-36-40-44-48-52-63-57(62)51-47-43-39-35-31-26-16-14-12-10-8-6-4-2/h8,10,14,16,45,49,54-55,59-60H,3-7,9,11-13,15,17-44,46-48,50-53H2,1-2H3,(H,58,61)/b10-8-,16-14-,49-45+. The Morgan fingerprint density at radius 3 is 1.27 bits per heavy atom. The number of rotatable bonds is 51. The molecule has 2 unspecified atom stereocenters. The number of ether oxygens (including phenoxy) is 1. The summed E-state index contributed by atoms with van der Waals surface area (Å²) >= 11 is 0. The van der Waals surface area contributed by atoms with Crippen LogP contribution in [0.4, 0.5) is 0 Å². The number of nitrogens with one attached hydrogen (secondary N) is 1. The van der Waals surface area contributed by atoms with Crippen molar-refractivity contribution in [1.29, 1.82) is 0 Å². The van der Waals surface area contributed by atoms with Gasteiger partial charge in [0, 0.05) is 12.8 Å². The first-order chi connectivity index (χ1) is 31.0.